The topological polar surface area (TPSA) is 95.6 Å². The number of rotatable bonds is 7. The standard InChI is InChI=1S/C24H29Cl2N3O4S/c1-15(2)22(24(31)27-18-6-9-20(25)21(26)14-18)28-23(30)17-10-12-29(13-11-17)34(32,33)19-7-4-16(3)5-8-19/h4-9,14-15,17,22H,10-13H2,1-3H3,(H,27,31)(H,28,30)/t22-/m1/s1. The van der Waals surface area contributed by atoms with Crippen LogP contribution in [0, 0.1) is 18.8 Å². The Balaban J connectivity index is 1.60. The fourth-order valence-electron chi connectivity index (χ4n) is 3.82. The average molecular weight is 526 g/mol. The number of anilines is 1. The number of hydrogen-bond acceptors (Lipinski definition) is 4. The summed E-state index contributed by atoms with van der Waals surface area (Å²) in [5.41, 5.74) is 1.46. The highest BCUT2D eigenvalue weighted by molar-refractivity contribution is 7.89. The van der Waals surface area contributed by atoms with E-state index in [2.05, 4.69) is 10.6 Å². The maximum atomic E-state index is 12.9. The Bertz CT molecular complexity index is 1150. The molecule has 0 saturated carbocycles. The molecule has 1 fully saturated rings. The van der Waals surface area contributed by atoms with Crippen molar-refractivity contribution in [3.63, 3.8) is 0 Å². The minimum Gasteiger partial charge on any atom is -0.344 e. The van der Waals surface area contributed by atoms with Crippen LogP contribution in [0.1, 0.15) is 32.3 Å². The lowest BCUT2D eigenvalue weighted by atomic mass is 9.95. The number of hydrogen-bond donors (Lipinski definition) is 2. The van der Waals surface area contributed by atoms with E-state index in [4.69, 9.17) is 23.2 Å². The molecule has 0 unspecified atom stereocenters. The zero-order valence-corrected chi connectivity index (χ0v) is 21.7. The van der Waals surface area contributed by atoms with Crippen LogP contribution in [-0.2, 0) is 19.6 Å². The summed E-state index contributed by atoms with van der Waals surface area (Å²) in [7, 11) is -3.60. The van der Waals surface area contributed by atoms with Gasteiger partial charge in [-0.2, -0.15) is 4.31 Å². The number of carbonyl (C=O) groups is 2. The van der Waals surface area contributed by atoms with E-state index in [1.165, 1.54) is 4.31 Å². The third-order valence-corrected chi connectivity index (χ3v) is 8.57. The summed E-state index contributed by atoms with van der Waals surface area (Å²) in [5.74, 6) is -1.14. The van der Waals surface area contributed by atoms with Crippen molar-refractivity contribution in [1.29, 1.82) is 0 Å². The van der Waals surface area contributed by atoms with Crippen molar-refractivity contribution in [3.05, 3.63) is 58.1 Å². The van der Waals surface area contributed by atoms with Crippen LogP contribution in [0.4, 0.5) is 5.69 Å². The molecule has 2 aromatic rings. The predicted octanol–water partition coefficient (Wildman–Crippen LogP) is 4.48. The summed E-state index contributed by atoms with van der Waals surface area (Å²) in [6.45, 7) is 6.08. The van der Waals surface area contributed by atoms with Crippen molar-refractivity contribution < 1.29 is 18.0 Å². The average Bonchev–Trinajstić information content (AvgIpc) is 2.79. The van der Waals surface area contributed by atoms with Gasteiger partial charge in [0.2, 0.25) is 21.8 Å². The summed E-state index contributed by atoms with van der Waals surface area (Å²) in [6, 6.07) is 10.7. The molecule has 10 heteroatoms. The van der Waals surface area contributed by atoms with Crippen LogP contribution in [0.15, 0.2) is 47.4 Å². The van der Waals surface area contributed by atoms with Gasteiger partial charge in [0.05, 0.1) is 14.9 Å². The highest BCUT2D eigenvalue weighted by atomic mass is 35.5. The van der Waals surface area contributed by atoms with Gasteiger partial charge in [-0.15, -0.1) is 0 Å². The largest absolute Gasteiger partial charge is 0.344 e. The molecule has 2 aromatic carbocycles. The molecule has 0 bridgehead atoms. The van der Waals surface area contributed by atoms with E-state index in [1.54, 1.807) is 42.5 Å². The number of benzene rings is 2. The molecule has 34 heavy (non-hydrogen) atoms. The molecule has 3 rings (SSSR count). The zero-order chi connectivity index (χ0) is 25.0. The zero-order valence-electron chi connectivity index (χ0n) is 19.3. The fourth-order valence-corrected chi connectivity index (χ4v) is 5.59. The van der Waals surface area contributed by atoms with E-state index in [-0.39, 0.29) is 41.6 Å². The first kappa shape index (κ1) is 26.5. The number of piperidine rings is 1. The Morgan fingerprint density at radius 2 is 1.62 bits per heavy atom. The summed E-state index contributed by atoms with van der Waals surface area (Å²) < 4.78 is 27.2. The molecular weight excluding hydrogens is 497 g/mol. The van der Waals surface area contributed by atoms with E-state index >= 15 is 0 Å². The lowest BCUT2D eigenvalue weighted by molar-refractivity contribution is -0.130. The van der Waals surface area contributed by atoms with Crippen molar-refractivity contribution >= 4 is 50.7 Å². The lowest BCUT2D eigenvalue weighted by Crippen LogP contribution is -2.50. The number of halogens is 2. The van der Waals surface area contributed by atoms with Crippen LogP contribution in [0.3, 0.4) is 0 Å². The van der Waals surface area contributed by atoms with Gasteiger partial charge in [-0.25, -0.2) is 8.42 Å². The van der Waals surface area contributed by atoms with Crippen LogP contribution >= 0.6 is 23.2 Å². The van der Waals surface area contributed by atoms with Crippen molar-refractivity contribution in [1.82, 2.24) is 9.62 Å². The number of nitrogens with one attached hydrogen (secondary N) is 2. The first-order chi connectivity index (χ1) is 16.0. The highest BCUT2D eigenvalue weighted by Crippen LogP contribution is 2.26. The lowest BCUT2D eigenvalue weighted by Gasteiger charge is -2.32. The Morgan fingerprint density at radius 3 is 2.18 bits per heavy atom. The number of amides is 2. The maximum absolute atomic E-state index is 12.9. The molecule has 1 atom stereocenters. The number of nitrogens with zero attached hydrogens (tertiary/aromatic N) is 1. The number of carbonyl (C=O) groups excluding carboxylic acids is 2. The van der Waals surface area contributed by atoms with Crippen molar-refractivity contribution in [2.75, 3.05) is 18.4 Å². The Hall–Kier alpha value is -2.13. The molecule has 184 valence electrons. The predicted molar refractivity (Wildman–Crippen MR) is 135 cm³/mol. The third-order valence-electron chi connectivity index (χ3n) is 5.92. The van der Waals surface area contributed by atoms with Crippen molar-refractivity contribution in [2.45, 2.75) is 44.6 Å². The monoisotopic (exact) mass is 525 g/mol. The number of sulfonamides is 1. The van der Waals surface area contributed by atoms with Gasteiger partial charge < -0.3 is 10.6 Å². The first-order valence-electron chi connectivity index (χ1n) is 11.1. The van der Waals surface area contributed by atoms with Gasteiger partial charge in [0.1, 0.15) is 6.04 Å². The minimum absolute atomic E-state index is 0.159. The van der Waals surface area contributed by atoms with Gasteiger partial charge in [-0.05, 0) is 56.0 Å². The molecule has 0 aromatic heterocycles. The summed E-state index contributed by atoms with van der Waals surface area (Å²) in [5, 5.41) is 6.31. The van der Waals surface area contributed by atoms with E-state index in [0.29, 0.717) is 28.6 Å². The Kier molecular flexibility index (Phi) is 8.62. The van der Waals surface area contributed by atoms with Gasteiger partial charge >= 0.3 is 0 Å². The van der Waals surface area contributed by atoms with E-state index < -0.39 is 16.1 Å². The quantitative estimate of drug-likeness (QED) is 0.556. The van der Waals surface area contributed by atoms with Crippen LogP contribution in [0.2, 0.25) is 10.0 Å². The molecule has 2 amide bonds. The molecule has 1 aliphatic heterocycles. The molecule has 0 aliphatic carbocycles. The maximum Gasteiger partial charge on any atom is 0.247 e. The Morgan fingerprint density at radius 1 is 1.00 bits per heavy atom. The fraction of sp³-hybridized carbons (Fsp3) is 0.417. The van der Waals surface area contributed by atoms with Gasteiger partial charge in [0.15, 0.2) is 0 Å². The molecule has 1 saturated heterocycles. The second kappa shape index (κ2) is 11.1. The minimum atomic E-state index is -3.60. The normalized spacial score (nSPS) is 16.3. The second-order valence-corrected chi connectivity index (χ2v) is 11.6. The molecule has 1 aliphatic rings. The van der Waals surface area contributed by atoms with Crippen LogP contribution in [0.5, 0.6) is 0 Å². The molecule has 2 N–H and O–H groups in total. The summed E-state index contributed by atoms with van der Waals surface area (Å²) in [4.78, 5) is 26.0. The van der Waals surface area contributed by atoms with Crippen LogP contribution in [-0.4, -0.2) is 43.7 Å². The van der Waals surface area contributed by atoms with Crippen molar-refractivity contribution in [2.24, 2.45) is 11.8 Å². The second-order valence-electron chi connectivity index (χ2n) is 8.84. The molecule has 7 nitrogen and oxygen atoms in total. The molecule has 0 spiro atoms. The molecular formula is C24H29Cl2N3O4S. The van der Waals surface area contributed by atoms with Gasteiger partial charge in [-0.3, -0.25) is 9.59 Å². The highest BCUT2D eigenvalue weighted by Gasteiger charge is 2.34. The summed E-state index contributed by atoms with van der Waals surface area (Å²) in [6.07, 6.45) is 0.770. The smallest absolute Gasteiger partial charge is 0.247 e. The Labute approximate surface area is 210 Å². The first-order valence-corrected chi connectivity index (χ1v) is 13.3. The molecule has 1 heterocycles. The van der Waals surface area contributed by atoms with Gasteiger partial charge in [-0.1, -0.05) is 54.7 Å². The van der Waals surface area contributed by atoms with Crippen molar-refractivity contribution in [3.8, 4) is 0 Å². The SMILES string of the molecule is Cc1ccc(S(=O)(=O)N2CCC(C(=O)N[C@@H](C(=O)Nc3ccc(Cl)c(Cl)c3)C(C)C)CC2)cc1. The van der Waals surface area contributed by atoms with Gasteiger partial charge in [0, 0.05) is 24.7 Å². The van der Waals surface area contributed by atoms with E-state index in [9.17, 15) is 18.0 Å². The van der Waals surface area contributed by atoms with Crippen LogP contribution in [0.25, 0.3) is 0 Å². The number of aryl methyl sites for hydroxylation is 1. The van der Waals surface area contributed by atoms with Crippen LogP contribution < -0.4 is 10.6 Å². The van der Waals surface area contributed by atoms with Gasteiger partial charge in [0.25, 0.3) is 0 Å². The summed E-state index contributed by atoms with van der Waals surface area (Å²) >= 11 is 11.9. The third kappa shape index (κ3) is 6.30. The van der Waals surface area contributed by atoms with E-state index in [0.717, 1.165) is 5.56 Å². The molecule has 0 radical (unpaired) electrons. The van der Waals surface area contributed by atoms with E-state index in [1.807, 2.05) is 20.8 Å².